The van der Waals surface area contributed by atoms with Crippen LogP contribution in [0.3, 0.4) is 0 Å². The number of ether oxygens (including phenoxy) is 1. The molecule has 5 nitrogen and oxygen atoms in total. The predicted molar refractivity (Wildman–Crippen MR) is 105 cm³/mol. The number of guanidine groups is 1. The fourth-order valence-corrected chi connectivity index (χ4v) is 3.45. The molecule has 0 amide bonds. The summed E-state index contributed by atoms with van der Waals surface area (Å²) in [5.74, 6) is 0.844. The highest BCUT2D eigenvalue weighted by molar-refractivity contribution is 5.83. The van der Waals surface area contributed by atoms with E-state index in [4.69, 9.17) is 4.74 Å². The van der Waals surface area contributed by atoms with E-state index in [1.165, 1.54) is 16.3 Å². The first-order valence-corrected chi connectivity index (χ1v) is 9.31. The Hall–Kier alpha value is -2.56. The van der Waals surface area contributed by atoms with Crippen LogP contribution in [0, 0.1) is 5.92 Å². The van der Waals surface area contributed by atoms with Crippen LogP contribution in [0.1, 0.15) is 25.3 Å². The molecule has 0 unspecified atom stereocenters. The van der Waals surface area contributed by atoms with Gasteiger partial charge in [-0.1, -0.05) is 36.4 Å². The number of nitrogens with one attached hydrogen (secondary N) is 1. The number of hydrogen-bond donors (Lipinski definition) is 1. The van der Waals surface area contributed by atoms with E-state index in [1.807, 2.05) is 6.92 Å². The minimum absolute atomic E-state index is 0.0183. The summed E-state index contributed by atoms with van der Waals surface area (Å²) in [6.45, 7) is 4.68. The highest BCUT2D eigenvalue weighted by Gasteiger charge is 2.27. The first-order chi connectivity index (χ1) is 12.7. The van der Waals surface area contributed by atoms with E-state index in [0.29, 0.717) is 6.61 Å². The topological polar surface area (TPSA) is 53.9 Å². The molecule has 0 bridgehead atoms. The molecular weight excluding hydrogens is 326 g/mol. The van der Waals surface area contributed by atoms with Crippen molar-refractivity contribution in [3.8, 4) is 0 Å². The molecule has 0 saturated carbocycles. The van der Waals surface area contributed by atoms with Crippen LogP contribution in [-0.4, -0.2) is 43.6 Å². The van der Waals surface area contributed by atoms with Gasteiger partial charge in [0.05, 0.1) is 12.5 Å². The fraction of sp³-hybridized carbons (Fsp3) is 0.429. The third-order valence-electron chi connectivity index (χ3n) is 4.89. The van der Waals surface area contributed by atoms with Crippen molar-refractivity contribution in [2.45, 2.75) is 26.3 Å². The predicted octanol–water partition coefficient (Wildman–Crippen LogP) is 3.19. The molecule has 0 radical (unpaired) electrons. The van der Waals surface area contributed by atoms with Gasteiger partial charge in [0.25, 0.3) is 0 Å². The largest absolute Gasteiger partial charge is 0.466 e. The number of benzene rings is 2. The number of piperidine rings is 1. The van der Waals surface area contributed by atoms with E-state index in [2.05, 4.69) is 57.7 Å². The number of carbonyl (C=O) groups is 1. The zero-order valence-electron chi connectivity index (χ0n) is 15.6. The standard InChI is InChI=1S/C21H27N3O2/c1-3-26-20(25)18-10-12-24(13-11-18)21(22-2)23-15-16-8-9-17-6-4-5-7-19(17)14-16/h4-9,14,18H,3,10-13,15H2,1-2H3,(H,22,23). The molecule has 1 fully saturated rings. The Morgan fingerprint density at radius 1 is 1.19 bits per heavy atom. The summed E-state index contributed by atoms with van der Waals surface area (Å²) < 4.78 is 5.14. The van der Waals surface area contributed by atoms with Gasteiger partial charge in [0.1, 0.15) is 0 Å². The third kappa shape index (κ3) is 4.34. The molecule has 3 rings (SSSR count). The van der Waals surface area contributed by atoms with Crippen LogP contribution in [0.2, 0.25) is 0 Å². The summed E-state index contributed by atoms with van der Waals surface area (Å²) in [7, 11) is 1.81. The molecule has 2 aromatic carbocycles. The lowest BCUT2D eigenvalue weighted by Crippen LogP contribution is -2.46. The van der Waals surface area contributed by atoms with Crippen LogP contribution in [0.15, 0.2) is 47.5 Å². The number of fused-ring (bicyclic) bond motifs is 1. The zero-order chi connectivity index (χ0) is 18.4. The van der Waals surface area contributed by atoms with Crippen LogP contribution in [0.4, 0.5) is 0 Å². The maximum Gasteiger partial charge on any atom is 0.309 e. The molecule has 5 heteroatoms. The van der Waals surface area contributed by atoms with Gasteiger partial charge in [-0.25, -0.2) is 0 Å². The summed E-state index contributed by atoms with van der Waals surface area (Å²) in [4.78, 5) is 18.5. The molecule has 1 saturated heterocycles. The maximum atomic E-state index is 11.9. The van der Waals surface area contributed by atoms with Crippen LogP contribution in [0.25, 0.3) is 10.8 Å². The van der Waals surface area contributed by atoms with E-state index in [1.54, 1.807) is 7.05 Å². The Labute approximate surface area is 155 Å². The molecular formula is C21H27N3O2. The van der Waals surface area contributed by atoms with Gasteiger partial charge >= 0.3 is 5.97 Å². The molecule has 1 heterocycles. The van der Waals surface area contributed by atoms with Crippen LogP contribution in [-0.2, 0) is 16.1 Å². The Kier molecular flexibility index (Phi) is 6.10. The van der Waals surface area contributed by atoms with Crippen LogP contribution < -0.4 is 5.32 Å². The molecule has 0 spiro atoms. The second-order valence-electron chi connectivity index (χ2n) is 6.60. The minimum Gasteiger partial charge on any atom is -0.466 e. The zero-order valence-corrected chi connectivity index (χ0v) is 15.6. The van der Waals surface area contributed by atoms with Gasteiger partial charge in [-0.15, -0.1) is 0 Å². The van der Waals surface area contributed by atoms with Gasteiger partial charge in [0.15, 0.2) is 5.96 Å². The highest BCUT2D eigenvalue weighted by atomic mass is 16.5. The number of carbonyl (C=O) groups excluding carboxylic acids is 1. The summed E-state index contributed by atoms with van der Waals surface area (Å²) in [5, 5.41) is 5.95. The molecule has 138 valence electrons. The van der Waals surface area contributed by atoms with Crippen molar-refractivity contribution in [3.05, 3.63) is 48.0 Å². The number of nitrogens with zero attached hydrogens (tertiary/aromatic N) is 2. The molecule has 26 heavy (non-hydrogen) atoms. The average molecular weight is 353 g/mol. The Bertz CT molecular complexity index is 780. The second-order valence-corrected chi connectivity index (χ2v) is 6.60. The van der Waals surface area contributed by atoms with Gasteiger partial charge in [0, 0.05) is 26.7 Å². The van der Waals surface area contributed by atoms with Crippen molar-refractivity contribution in [2.24, 2.45) is 10.9 Å². The average Bonchev–Trinajstić information content (AvgIpc) is 2.69. The van der Waals surface area contributed by atoms with E-state index in [9.17, 15) is 4.79 Å². The van der Waals surface area contributed by atoms with E-state index in [0.717, 1.165) is 38.4 Å². The lowest BCUT2D eigenvalue weighted by molar-refractivity contribution is -0.149. The Balaban J connectivity index is 1.55. The fourth-order valence-electron chi connectivity index (χ4n) is 3.45. The van der Waals surface area contributed by atoms with Crippen molar-refractivity contribution >= 4 is 22.7 Å². The maximum absolute atomic E-state index is 11.9. The van der Waals surface area contributed by atoms with Crippen molar-refractivity contribution in [3.63, 3.8) is 0 Å². The van der Waals surface area contributed by atoms with E-state index in [-0.39, 0.29) is 11.9 Å². The number of rotatable bonds is 4. The monoisotopic (exact) mass is 353 g/mol. The summed E-state index contributed by atoms with van der Waals surface area (Å²) >= 11 is 0. The summed E-state index contributed by atoms with van der Waals surface area (Å²) in [6, 6.07) is 14.9. The first-order valence-electron chi connectivity index (χ1n) is 9.31. The molecule has 1 aliphatic heterocycles. The summed E-state index contributed by atoms with van der Waals surface area (Å²) in [6.07, 6.45) is 1.63. The van der Waals surface area contributed by atoms with Crippen molar-refractivity contribution < 1.29 is 9.53 Å². The SMILES string of the molecule is CCOC(=O)C1CCN(C(=NC)NCc2ccc3ccccc3c2)CC1. The minimum atomic E-state index is -0.0636. The van der Waals surface area contributed by atoms with Crippen LogP contribution in [0.5, 0.6) is 0 Å². The van der Waals surface area contributed by atoms with Gasteiger partial charge in [-0.05, 0) is 42.2 Å². The van der Waals surface area contributed by atoms with E-state index >= 15 is 0 Å². The number of likely N-dealkylation sites (tertiary alicyclic amines) is 1. The van der Waals surface area contributed by atoms with E-state index < -0.39 is 0 Å². The van der Waals surface area contributed by atoms with Crippen molar-refractivity contribution in [2.75, 3.05) is 26.7 Å². The lowest BCUT2D eigenvalue weighted by atomic mass is 9.97. The smallest absolute Gasteiger partial charge is 0.309 e. The van der Waals surface area contributed by atoms with Gasteiger partial charge < -0.3 is 15.0 Å². The molecule has 1 N–H and O–H groups in total. The molecule has 1 aliphatic rings. The number of aliphatic imine (C=N–C) groups is 1. The van der Waals surface area contributed by atoms with Crippen LogP contribution >= 0.6 is 0 Å². The molecule has 0 atom stereocenters. The van der Waals surface area contributed by atoms with Gasteiger partial charge in [-0.3, -0.25) is 9.79 Å². The Morgan fingerprint density at radius 2 is 1.92 bits per heavy atom. The van der Waals surface area contributed by atoms with Crippen molar-refractivity contribution in [1.82, 2.24) is 10.2 Å². The molecule has 2 aromatic rings. The first kappa shape index (κ1) is 18.2. The highest BCUT2D eigenvalue weighted by Crippen LogP contribution is 2.19. The lowest BCUT2D eigenvalue weighted by Gasteiger charge is -2.33. The normalized spacial score (nSPS) is 15.9. The molecule has 0 aliphatic carbocycles. The molecule has 0 aromatic heterocycles. The quantitative estimate of drug-likeness (QED) is 0.521. The van der Waals surface area contributed by atoms with Gasteiger partial charge in [-0.2, -0.15) is 0 Å². The summed E-state index contributed by atoms with van der Waals surface area (Å²) in [5.41, 5.74) is 1.23. The van der Waals surface area contributed by atoms with Crippen molar-refractivity contribution in [1.29, 1.82) is 0 Å². The number of hydrogen-bond acceptors (Lipinski definition) is 3. The van der Waals surface area contributed by atoms with Gasteiger partial charge in [0.2, 0.25) is 0 Å². The Morgan fingerprint density at radius 3 is 2.62 bits per heavy atom. The number of esters is 1. The third-order valence-corrected chi connectivity index (χ3v) is 4.89. The second kappa shape index (κ2) is 8.70.